The Labute approximate surface area is 99.1 Å². The summed E-state index contributed by atoms with van der Waals surface area (Å²) in [7, 11) is 0. The Kier molecular flexibility index (Phi) is 3.15. The van der Waals surface area contributed by atoms with Crippen molar-refractivity contribution in [1.82, 2.24) is 4.57 Å². The van der Waals surface area contributed by atoms with E-state index in [9.17, 15) is 4.79 Å². The van der Waals surface area contributed by atoms with Crippen LogP contribution in [0.4, 0.5) is 0 Å². The second kappa shape index (κ2) is 4.59. The lowest BCUT2D eigenvalue weighted by atomic mass is 10.1. The summed E-state index contributed by atoms with van der Waals surface area (Å²) in [6.45, 7) is 2.79. The molecule has 0 aliphatic carbocycles. The predicted octanol–water partition coefficient (Wildman–Crippen LogP) is 2.03. The van der Waals surface area contributed by atoms with Gasteiger partial charge in [-0.2, -0.15) is 0 Å². The van der Waals surface area contributed by atoms with Crippen molar-refractivity contribution >= 4 is 16.9 Å². The largest absolute Gasteiger partial charge is 0.478 e. The maximum Gasteiger partial charge on any atom is 0.336 e. The average molecular weight is 233 g/mol. The van der Waals surface area contributed by atoms with Gasteiger partial charge in [0, 0.05) is 29.7 Å². The first-order chi connectivity index (χ1) is 8.15. The Morgan fingerprint density at radius 2 is 2.18 bits per heavy atom. The van der Waals surface area contributed by atoms with Crippen molar-refractivity contribution < 1.29 is 15.0 Å². The van der Waals surface area contributed by atoms with E-state index >= 15 is 0 Å². The first kappa shape index (κ1) is 11.7. The van der Waals surface area contributed by atoms with Gasteiger partial charge in [-0.1, -0.05) is 6.07 Å². The van der Waals surface area contributed by atoms with Crippen LogP contribution in [0, 0.1) is 6.92 Å². The molecule has 0 atom stereocenters. The van der Waals surface area contributed by atoms with Gasteiger partial charge >= 0.3 is 5.97 Å². The highest BCUT2D eigenvalue weighted by Gasteiger charge is 2.12. The van der Waals surface area contributed by atoms with Crippen molar-refractivity contribution in [2.24, 2.45) is 0 Å². The topological polar surface area (TPSA) is 62.5 Å². The molecular weight excluding hydrogens is 218 g/mol. The Morgan fingerprint density at radius 3 is 2.82 bits per heavy atom. The number of aromatic carboxylic acids is 1. The third kappa shape index (κ3) is 2.03. The number of nitrogens with zero attached hydrogens (tertiary/aromatic N) is 1. The second-order valence-electron chi connectivity index (χ2n) is 4.06. The maximum absolute atomic E-state index is 11.1. The van der Waals surface area contributed by atoms with Gasteiger partial charge < -0.3 is 14.8 Å². The van der Waals surface area contributed by atoms with E-state index in [4.69, 9.17) is 10.2 Å². The molecule has 0 radical (unpaired) electrons. The first-order valence-corrected chi connectivity index (χ1v) is 5.58. The zero-order chi connectivity index (χ0) is 12.4. The summed E-state index contributed by atoms with van der Waals surface area (Å²) in [4.78, 5) is 11.1. The van der Waals surface area contributed by atoms with Crippen molar-refractivity contribution in [2.75, 3.05) is 6.61 Å². The van der Waals surface area contributed by atoms with E-state index < -0.39 is 5.97 Å². The van der Waals surface area contributed by atoms with Gasteiger partial charge in [0.1, 0.15) is 0 Å². The van der Waals surface area contributed by atoms with E-state index in [1.165, 1.54) is 0 Å². The number of aliphatic hydroxyl groups excluding tert-OH is 1. The Hall–Kier alpha value is -1.81. The SMILES string of the molecule is Cc1cc2c(C(=O)O)cccc2n1CCCO. The van der Waals surface area contributed by atoms with Gasteiger partial charge in [0.25, 0.3) is 0 Å². The quantitative estimate of drug-likeness (QED) is 0.849. The van der Waals surface area contributed by atoms with E-state index in [2.05, 4.69) is 0 Å². The minimum Gasteiger partial charge on any atom is -0.478 e. The smallest absolute Gasteiger partial charge is 0.336 e. The van der Waals surface area contributed by atoms with E-state index in [0.29, 0.717) is 18.5 Å². The minimum absolute atomic E-state index is 0.137. The van der Waals surface area contributed by atoms with Gasteiger partial charge in [0.2, 0.25) is 0 Å². The molecule has 2 N–H and O–H groups in total. The number of benzene rings is 1. The van der Waals surface area contributed by atoms with Gasteiger partial charge in [-0.3, -0.25) is 0 Å². The molecule has 1 aromatic carbocycles. The lowest BCUT2D eigenvalue weighted by Gasteiger charge is -2.07. The van der Waals surface area contributed by atoms with Crippen LogP contribution in [0.1, 0.15) is 22.5 Å². The lowest BCUT2D eigenvalue weighted by molar-refractivity contribution is 0.0699. The highest BCUT2D eigenvalue weighted by atomic mass is 16.4. The van der Waals surface area contributed by atoms with Crippen LogP contribution >= 0.6 is 0 Å². The van der Waals surface area contributed by atoms with Crippen molar-refractivity contribution in [2.45, 2.75) is 19.9 Å². The first-order valence-electron chi connectivity index (χ1n) is 5.58. The molecule has 2 aromatic rings. The number of hydrogen-bond donors (Lipinski definition) is 2. The summed E-state index contributed by atoms with van der Waals surface area (Å²) in [5.41, 5.74) is 2.26. The fraction of sp³-hybridized carbons (Fsp3) is 0.308. The molecule has 0 saturated heterocycles. The number of carbonyl (C=O) groups is 1. The molecule has 0 spiro atoms. The molecule has 4 heteroatoms. The molecule has 0 unspecified atom stereocenters. The van der Waals surface area contributed by atoms with Crippen LogP contribution in [0.15, 0.2) is 24.3 Å². The van der Waals surface area contributed by atoms with E-state index in [1.807, 2.05) is 23.6 Å². The van der Waals surface area contributed by atoms with Gasteiger partial charge in [-0.05, 0) is 31.5 Å². The van der Waals surface area contributed by atoms with Gasteiger partial charge in [0.15, 0.2) is 0 Å². The summed E-state index contributed by atoms with van der Waals surface area (Å²) < 4.78 is 2.04. The number of fused-ring (bicyclic) bond motifs is 1. The Bertz CT molecular complexity index is 557. The molecule has 1 aromatic heterocycles. The molecular formula is C13H15NO3. The van der Waals surface area contributed by atoms with Gasteiger partial charge in [0.05, 0.1) is 5.56 Å². The number of rotatable bonds is 4. The summed E-state index contributed by atoms with van der Waals surface area (Å²) >= 11 is 0. The predicted molar refractivity (Wildman–Crippen MR) is 65.3 cm³/mol. The normalized spacial score (nSPS) is 10.9. The summed E-state index contributed by atoms with van der Waals surface area (Å²) in [6.07, 6.45) is 0.669. The molecule has 2 rings (SSSR count). The molecule has 1 heterocycles. The number of aryl methyl sites for hydroxylation is 2. The summed E-state index contributed by atoms with van der Waals surface area (Å²) in [5, 5.41) is 18.7. The van der Waals surface area contributed by atoms with Crippen LogP contribution in [0.25, 0.3) is 10.9 Å². The standard InChI is InChI=1S/C13H15NO3/c1-9-8-11-10(13(16)17)4-2-5-12(11)14(9)6-3-7-15/h2,4-5,8,15H,3,6-7H2,1H3,(H,16,17). The molecule has 0 saturated carbocycles. The molecule has 0 fully saturated rings. The molecule has 0 amide bonds. The third-order valence-electron chi connectivity index (χ3n) is 2.92. The fourth-order valence-electron chi connectivity index (χ4n) is 2.13. The van der Waals surface area contributed by atoms with E-state index in [0.717, 1.165) is 16.6 Å². The van der Waals surface area contributed by atoms with Crippen LogP contribution < -0.4 is 0 Å². The number of aliphatic hydroxyl groups is 1. The van der Waals surface area contributed by atoms with Crippen molar-refractivity contribution in [3.05, 3.63) is 35.5 Å². The molecule has 0 aliphatic heterocycles. The van der Waals surface area contributed by atoms with Crippen molar-refractivity contribution in [1.29, 1.82) is 0 Å². The third-order valence-corrected chi connectivity index (χ3v) is 2.92. The van der Waals surface area contributed by atoms with Gasteiger partial charge in [-0.15, -0.1) is 0 Å². The number of hydrogen-bond acceptors (Lipinski definition) is 2. The highest BCUT2D eigenvalue weighted by Crippen LogP contribution is 2.23. The second-order valence-corrected chi connectivity index (χ2v) is 4.06. The lowest BCUT2D eigenvalue weighted by Crippen LogP contribution is -2.02. The molecule has 4 nitrogen and oxygen atoms in total. The molecule has 0 bridgehead atoms. The van der Waals surface area contributed by atoms with Crippen LogP contribution in [0.3, 0.4) is 0 Å². The van der Waals surface area contributed by atoms with Crippen molar-refractivity contribution in [3.63, 3.8) is 0 Å². The summed E-state index contributed by atoms with van der Waals surface area (Å²) in [5.74, 6) is -0.907. The fourth-order valence-corrected chi connectivity index (χ4v) is 2.13. The van der Waals surface area contributed by atoms with Crippen LogP contribution in [-0.2, 0) is 6.54 Å². The number of aromatic nitrogens is 1. The minimum atomic E-state index is -0.907. The molecule has 90 valence electrons. The van der Waals surface area contributed by atoms with E-state index in [1.54, 1.807) is 12.1 Å². The van der Waals surface area contributed by atoms with Crippen LogP contribution in [0.2, 0.25) is 0 Å². The van der Waals surface area contributed by atoms with Crippen LogP contribution in [0.5, 0.6) is 0 Å². The van der Waals surface area contributed by atoms with Crippen molar-refractivity contribution in [3.8, 4) is 0 Å². The van der Waals surface area contributed by atoms with E-state index in [-0.39, 0.29) is 6.61 Å². The Morgan fingerprint density at radius 1 is 1.41 bits per heavy atom. The zero-order valence-corrected chi connectivity index (χ0v) is 9.68. The average Bonchev–Trinajstić information content (AvgIpc) is 2.61. The number of carboxylic acid groups (broad SMARTS) is 1. The van der Waals surface area contributed by atoms with Gasteiger partial charge in [-0.25, -0.2) is 4.79 Å². The molecule has 17 heavy (non-hydrogen) atoms. The van der Waals surface area contributed by atoms with Crippen LogP contribution in [-0.4, -0.2) is 27.4 Å². The highest BCUT2D eigenvalue weighted by molar-refractivity contribution is 6.03. The Balaban J connectivity index is 2.59. The summed E-state index contributed by atoms with van der Waals surface area (Å²) in [6, 6.07) is 7.16. The zero-order valence-electron chi connectivity index (χ0n) is 9.68. The number of carboxylic acids is 1. The maximum atomic E-state index is 11.1. The molecule has 0 aliphatic rings. The monoisotopic (exact) mass is 233 g/mol.